The van der Waals surface area contributed by atoms with Crippen LogP contribution in [0.5, 0.6) is 11.5 Å². The molecule has 32 heavy (non-hydrogen) atoms. The van der Waals surface area contributed by atoms with Gasteiger partial charge in [-0.15, -0.1) is 0 Å². The second kappa shape index (κ2) is 11.0. The highest BCUT2D eigenvalue weighted by atomic mass is 79.9. The molecule has 0 spiro atoms. The quantitative estimate of drug-likeness (QED) is 0.423. The number of hydrogen-bond donors (Lipinski definition) is 2. The summed E-state index contributed by atoms with van der Waals surface area (Å²) in [6, 6.07) is 17.5. The topological polar surface area (TPSA) is 76.7 Å². The number of carbonyl (C=O) groups excluding carboxylic acids is 2. The number of anilines is 1. The van der Waals surface area contributed by atoms with Crippen molar-refractivity contribution in [3.8, 4) is 11.5 Å². The van der Waals surface area contributed by atoms with Crippen LogP contribution in [0.25, 0.3) is 0 Å². The molecule has 0 aliphatic carbocycles. The van der Waals surface area contributed by atoms with Gasteiger partial charge in [-0.2, -0.15) is 0 Å². The second-order valence-corrected chi connectivity index (χ2v) is 8.14. The lowest BCUT2D eigenvalue weighted by molar-refractivity contribution is 0.0955. The zero-order valence-corrected chi connectivity index (χ0v) is 19.9. The van der Waals surface area contributed by atoms with Gasteiger partial charge in [0.15, 0.2) is 11.5 Å². The Labute approximate surface area is 200 Å². The van der Waals surface area contributed by atoms with Crippen LogP contribution in [0, 0.1) is 0 Å². The molecule has 0 atom stereocenters. The molecule has 3 aromatic carbocycles. The van der Waals surface area contributed by atoms with E-state index in [2.05, 4.69) is 26.6 Å². The van der Waals surface area contributed by atoms with Crippen molar-refractivity contribution in [2.75, 3.05) is 26.1 Å². The molecule has 0 bridgehead atoms. The molecule has 0 aliphatic rings. The first-order valence-corrected chi connectivity index (χ1v) is 10.9. The zero-order chi connectivity index (χ0) is 23.1. The second-order valence-electron chi connectivity index (χ2n) is 6.82. The summed E-state index contributed by atoms with van der Waals surface area (Å²) in [4.78, 5) is 25.5. The van der Waals surface area contributed by atoms with Crippen molar-refractivity contribution in [3.63, 3.8) is 0 Å². The third-order valence-electron chi connectivity index (χ3n) is 4.74. The van der Waals surface area contributed by atoms with Gasteiger partial charge in [-0.1, -0.05) is 45.7 Å². The Morgan fingerprint density at radius 3 is 2.41 bits per heavy atom. The average molecular weight is 518 g/mol. The van der Waals surface area contributed by atoms with E-state index in [0.717, 1.165) is 10.0 Å². The van der Waals surface area contributed by atoms with Crippen LogP contribution in [0.1, 0.15) is 26.3 Å². The maximum atomic E-state index is 12.8. The van der Waals surface area contributed by atoms with Crippen LogP contribution in [0.15, 0.2) is 65.1 Å². The molecule has 0 saturated heterocycles. The molecule has 8 heteroatoms. The predicted octanol–water partition coefficient (Wildman–Crippen LogP) is 5.34. The van der Waals surface area contributed by atoms with Gasteiger partial charge in [-0.3, -0.25) is 9.59 Å². The van der Waals surface area contributed by atoms with Crippen molar-refractivity contribution in [2.45, 2.75) is 6.42 Å². The lowest BCUT2D eigenvalue weighted by Crippen LogP contribution is -2.27. The molecule has 0 heterocycles. The minimum atomic E-state index is -0.401. The first-order valence-electron chi connectivity index (χ1n) is 9.77. The van der Waals surface area contributed by atoms with E-state index in [1.807, 2.05) is 18.2 Å². The van der Waals surface area contributed by atoms with Crippen LogP contribution >= 0.6 is 27.5 Å². The Kier molecular flexibility index (Phi) is 8.14. The largest absolute Gasteiger partial charge is 0.493 e. The molecule has 0 aromatic heterocycles. The standard InChI is InChI=1S/C24H22BrClN2O4/c1-31-21-10-7-15(13-22(21)32-2)11-12-27-23(29)17-5-3-4-6-20(17)28-24(30)18-14-16(25)8-9-19(18)26/h3-10,13-14H,11-12H2,1-2H3,(H,27,29)(H,28,30). The van der Waals surface area contributed by atoms with Crippen molar-refractivity contribution >= 4 is 45.0 Å². The van der Waals surface area contributed by atoms with E-state index < -0.39 is 5.91 Å². The summed E-state index contributed by atoms with van der Waals surface area (Å²) >= 11 is 9.48. The van der Waals surface area contributed by atoms with Crippen LogP contribution in [0.2, 0.25) is 5.02 Å². The van der Waals surface area contributed by atoms with Gasteiger partial charge >= 0.3 is 0 Å². The Balaban J connectivity index is 1.67. The van der Waals surface area contributed by atoms with E-state index in [9.17, 15) is 9.59 Å². The fraction of sp³-hybridized carbons (Fsp3) is 0.167. The predicted molar refractivity (Wildman–Crippen MR) is 129 cm³/mol. The van der Waals surface area contributed by atoms with E-state index in [0.29, 0.717) is 46.3 Å². The number of carbonyl (C=O) groups is 2. The van der Waals surface area contributed by atoms with Crippen LogP contribution in [0.3, 0.4) is 0 Å². The minimum Gasteiger partial charge on any atom is -0.493 e. The van der Waals surface area contributed by atoms with E-state index in [4.69, 9.17) is 21.1 Å². The number of rotatable bonds is 8. The molecule has 2 N–H and O–H groups in total. The molecule has 0 aliphatic heterocycles. The molecular weight excluding hydrogens is 496 g/mol. The summed E-state index contributed by atoms with van der Waals surface area (Å²) in [5.74, 6) is 0.592. The monoisotopic (exact) mass is 516 g/mol. The number of nitrogens with one attached hydrogen (secondary N) is 2. The summed E-state index contributed by atoms with van der Waals surface area (Å²) in [6.07, 6.45) is 0.605. The molecule has 2 amide bonds. The van der Waals surface area contributed by atoms with Crippen molar-refractivity contribution in [3.05, 3.63) is 86.8 Å². The van der Waals surface area contributed by atoms with Crippen molar-refractivity contribution in [1.29, 1.82) is 0 Å². The minimum absolute atomic E-state index is 0.290. The third kappa shape index (κ3) is 5.81. The van der Waals surface area contributed by atoms with Crippen molar-refractivity contribution in [2.24, 2.45) is 0 Å². The van der Waals surface area contributed by atoms with Crippen molar-refractivity contribution in [1.82, 2.24) is 5.32 Å². The summed E-state index contributed by atoms with van der Waals surface area (Å²) in [7, 11) is 3.16. The SMILES string of the molecule is COc1ccc(CCNC(=O)c2ccccc2NC(=O)c2cc(Br)ccc2Cl)cc1OC. The van der Waals surface area contributed by atoms with E-state index in [1.54, 1.807) is 56.7 Å². The molecule has 0 radical (unpaired) electrons. The van der Waals surface area contributed by atoms with Crippen LogP contribution in [-0.4, -0.2) is 32.6 Å². The summed E-state index contributed by atoms with van der Waals surface area (Å²) in [6.45, 7) is 0.411. The van der Waals surface area contributed by atoms with Gasteiger partial charge in [0.05, 0.1) is 36.1 Å². The molecular formula is C24H22BrClN2O4. The smallest absolute Gasteiger partial charge is 0.257 e. The van der Waals surface area contributed by atoms with Gasteiger partial charge in [-0.25, -0.2) is 0 Å². The van der Waals surface area contributed by atoms with Crippen LogP contribution < -0.4 is 20.1 Å². The van der Waals surface area contributed by atoms with Gasteiger partial charge in [0.1, 0.15) is 0 Å². The molecule has 0 unspecified atom stereocenters. The summed E-state index contributed by atoms with van der Waals surface area (Å²) in [5.41, 5.74) is 2.06. The van der Waals surface area contributed by atoms with E-state index in [-0.39, 0.29) is 5.91 Å². The maximum Gasteiger partial charge on any atom is 0.257 e. The number of ether oxygens (including phenoxy) is 2. The normalized spacial score (nSPS) is 10.4. The molecule has 0 fully saturated rings. The molecule has 3 aromatic rings. The third-order valence-corrected chi connectivity index (χ3v) is 5.56. The lowest BCUT2D eigenvalue weighted by atomic mass is 10.1. The molecule has 0 saturated carbocycles. The fourth-order valence-corrected chi connectivity index (χ4v) is 3.67. The summed E-state index contributed by atoms with van der Waals surface area (Å²) < 4.78 is 11.3. The van der Waals surface area contributed by atoms with Gasteiger partial charge < -0.3 is 20.1 Å². The Morgan fingerprint density at radius 1 is 0.906 bits per heavy atom. The summed E-state index contributed by atoms with van der Waals surface area (Å²) in [5, 5.41) is 5.99. The van der Waals surface area contributed by atoms with Crippen LogP contribution in [0.4, 0.5) is 5.69 Å². The first-order chi connectivity index (χ1) is 15.4. The average Bonchev–Trinajstić information content (AvgIpc) is 2.80. The number of methoxy groups -OCH3 is 2. The molecule has 6 nitrogen and oxygen atoms in total. The molecule has 166 valence electrons. The lowest BCUT2D eigenvalue weighted by Gasteiger charge is -2.13. The Morgan fingerprint density at radius 2 is 1.66 bits per heavy atom. The highest BCUT2D eigenvalue weighted by Crippen LogP contribution is 2.27. The van der Waals surface area contributed by atoms with Gasteiger partial charge in [-0.05, 0) is 54.4 Å². The Bertz CT molecular complexity index is 1140. The highest BCUT2D eigenvalue weighted by molar-refractivity contribution is 9.10. The Hall–Kier alpha value is -3.03. The maximum absolute atomic E-state index is 12.8. The number of para-hydroxylation sites is 1. The number of halogens is 2. The number of benzene rings is 3. The number of amides is 2. The van der Waals surface area contributed by atoms with Gasteiger partial charge in [0, 0.05) is 11.0 Å². The van der Waals surface area contributed by atoms with Crippen molar-refractivity contribution < 1.29 is 19.1 Å². The first kappa shape index (κ1) is 23.6. The zero-order valence-electron chi connectivity index (χ0n) is 17.6. The number of hydrogen-bond acceptors (Lipinski definition) is 4. The molecule has 3 rings (SSSR count). The van der Waals surface area contributed by atoms with Crippen LogP contribution in [-0.2, 0) is 6.42 Å². The van der Waals surface area contributed by atoms with E-state index in [1.165, 1.54) is 0 Å². The van der Waals surface area contributed by atoms with E-state index >= 15 is 0 Å². The highest BCUT2D eigenvalue weighted by Gasteiger charge is 2.16. The van der Waals surface area contributed by atoms with Gasteiger partial charge in [0.25, 0.3) is 11.8 Å². The fourth-order valence-electron chi connectivity index (χ4n) is 3.10. The van der Waals surface area contributed by atoms with Gasteiger partial charge in [0.2, 0.25) is 0 Å².